The summed E-state index contributed by atoms with van der Waals surface area (Å²) in [6.07, 6.45) is 2.68. The van der Waals surface area contributed by atoms with Crippen molar-refractivity contribution in [2.45, 2.75) is 58.0 Å². The van der Waals surface area contributed by atoms with E-state index in [1.54, 1.807) is 6.92 Å². The van der Waals surface area contributed by atoms with E-state index in [0.717, 1.165) is 0 Å². The van der Waals surface area contributed by atoms with Gasteiger partial charge in [-0.3, -0.25) is 0 Å². The number of rotatable bonds is 4. The summed E-state index contributed by atoms with van der Waals surface area (Å²) in [5, 5.41) is 2.97. The Bertz CT molecular complexity index is 144. The highest BCUT2D eigenvalue weighted by atomic mass is 19.3. The number of hydrogen-bond acceptors (Lipinski definition) is 1. The first-order valence-electron chi connectivity index (χ1n) is 5.15. The van der Waals surface area contributed by atoms with Crippen LogP contribution in [0.3, 0.4) is 0 Å². The molecule has 1 nitrogen and oxygen atoms in total. The topological polar surface area (TPSA) is 12.0 Å². The summed E-state index contributed by atoms with van der Waals surface area (Å²) >= 11 is 0. The van der Waals surface area contributed by atoms with Crippen molar-refractivity contribution in [1.82, 2.24) is 5.32 Å². The monoisotopic (exact) mass is 191 g/mol. The highest BCUT2D eigenvalue weighted by molar-refractivity contribution is 4.79. The van der Waals surface area contributed by atoms with Crippen molar-refractivity contribution in [3.05, 3.63) is 0 Å². The van der Waals surface area contributed by atoms with Gasteiger partial charge in [0.05, 0.1) is 6.04 Å². The van der Waals surface area contributed by atoms with Gasteiger partial charge in [-0.2, -0.15) is 0 Å². The second kappa shape index (κ2) is 4.89. The molecule has 0 heterocycles. The number of halogens is 2. The summed E-state index contributed by atoms with van der Waals surface area (Å²) < 4.78 is 24.4. The summed E-state index contributed by atoms with van der Waals surface area (Å²) in [5.74, 6) is 0.612. The number of alkyl halides is 2. The average molecular weight is 191 g/mol. The first-order valence-corrected chi connectivity index (χ1v) is 5.15. The lowest BCUT2D eigenvalue weighted by molar-refractivity contribution is 0.0962. The van der Waals surface area contributed by atoms with Crippen LogP contribution < -0.4 is 5.32 Å². The Hall–Kier alpha value is -0.180. The van der Waals surface area contributed by atoms with Crippen LogP contribution in [0.1, 0.15) is 39.5 Å². The molecule has 0 spiro atoms. The molecule has 1 fully saturated rings. The summed E-state index contributed by atoms with van der Waals surface area (Å²) in [5.41, 5.74) is 0. The van der Waals surface area contributed by atoms with Gasteiger partial charge in [-0.15, -0.1) is 0 Å². The molecule has 1 rings (SSSR count). The SMILES string of the molecule is CC(N[C@@H](C)C1CCCC1)C(F)F. The van der Waals surface area contributed by atoms with E-state index in [2.05, 4.69) is 5.32 Å². The number of hydrogen-bond donors (Lipinski definition) is 1. The zero-order chi connectivity index (χ0) is 9.84. The van der Waals surface area contributed by atoms with Gasteiger partial charge in [0.25, 0.3) is 6.43 Å². The molecule has 78 valence electrons. The van der Waals surface area contributed by atoms with E-state index in [9.17, 15) is 8.78 Å². The Labute approximate surface area is 78.9 Å². The third-order valence-corrected chi connectivity index (χ3v) is 3.01. The molecule has 1 unspecified atom stereocenters. The van der Waals surface area contributed by atoms with E-state index >= 15 is 0 Å². The molecule has 0 aromatic rings. The highest BCUT2D eigenvalue weighted by Crippen LogP contribution is 2.27. The van der Waals surface area contributed by atoms with Gasteiger partial charge in [0.15, 0.2) is 0 Å². The van der Waals surface area contributed by atoms with Crippen LogP contribution in [0.25, 0.3) is 0 Å². The Kier molecular flexibility index (Phi) is 4.10. The van der Waals surface area contributed by atoms with Crippen molar-refractivity contribution in [1.29, 1.82) is 0 Å². The third-order valence-electron chi connectivity index (χ3n) is 3.01. The van der Waals surface area contributed by atoms with Crippen LogP contribution in [-0.4, -0.2) is 18.5 Å². The van der Waals surface area contributed by atoms with Crippen LogP contribution in [0.5, 0.6) is 0 Å². The summed E-state index contributed by atoms with van der Waals surface area (Å²) in [6.45, 7) is 3.57. The van der Waals surface area contributed by atoms with Gasteiger partial charge in [0.1, 0.15) is 0 Å². The summed E-state index contributed by atoms with van der Waals surface area (Å²) in [6, 6.07) is -0.429. The second-order valence-corrected chi connectivity index (χ2v) is 4.12. The van der Waals surface area contributed by atoms with E-state index in [1.807, 2.05) is 6.92 Å². The van der Waals surface area contributed by atoms with Gasteiger partial charge < -0.3 is 5.32 Å². The van der Waals surface area contributed by atoms with Crippen molar-refractivity contribution in [3.8, 4) is 0 Å². The predicted molar refractivity (Wildman–Crippen MR) is 50.0 cm³/mol. The lowest BCUT2D eigenvalue weighted by atomic mass is 9.99. The average Bonchev–Trinajstić information content (AvgIpc) is 2.55. The molecule has 1 saturated carbocycles. The minimum atomic E-state index is -2.25. The van der Waals surface area contributed by atoms with Gasteiger partial charge in [-0.25, -0.2) is 8.78 Å². The Morgan fingerprint density at radius 1 is 1.15 bits per heavy atom. The highest BCUT2D eigenvalue weighted by Gasteiger charge is 2.24. The van der Waals surface area contributed by atoms with Gasteiger partial charge in [-0.05, 0) is 32.6 Å². The maximum atomic E-state index is 12.2. The fourth-order valence-corrected chi connectivity index (χ4v) is 2.08. The van der Waals surface area contributed by atoms with Crippen molar-refractivity contribution in [2.75, 3.05) is 0 Å². The Morgan fingerprint density at radius 3 is 2.15 bits per heavy atom. The fourth-order valence-electron chi connectivity index (χ4n) is 2.08. The normalized spacial score (nSPS) is 23.8. The quantitative estimate of drug-likeness (QED) is 0.720. The molecule has 3 heteroatoms. The first kappa shape index (κ1) is 10.9. The molecule has 0 aliphatic heterocycles. The third kappa shape index (κ3) is 3.22. The van der Waals surface area contributed by atoms with E-state index in [0.29, 0.717) is 5.92 Å². The van der Waals surface area contributed by atoms with Crippen molar-refractivity contribution in [2.24, 2.45) is 5.92 Å². The van der Waals surface area contributed by atoms with Crippen molar-refractivity contribution < 1.29 is 8.78 Å². The molecule has 1 N–H and O–H groups in total. The van der Waals surface area contributed by atoms with Crippen LogP contribution in [0.4, 0.5) is 8.78 Å². The molecule has 0 aromatic heterocycles. The standard InChI is InChI=1S/C10H19F2N/c1-7(9-5-3-4-6-9)13-8(2)10(11)12/h7-10,13H,3-6H2,1-2H3/t7-,8?/m0/s1. The van der Waals surface area contributed by atoms with Crippen LogP contribution in [-0.2, 0) is 0 Å². The first-order chi connectivity index (χ1) is 6.11. The maximum Gasteiger partial charge on any atom is 0.253 e. The molecule has 0 radical (unpaired) electrons. The zero-order valence-corrected chi connectivity index (χ0v) is 8.39. The van der Waals surface area contributed by atoms with Crippen molar-refractivity contribution in [3.63, 3.8) is 0 Å². The minimum Gasteiger partial charge on any atom is -0.306 e. The molecule has 0 amide bonds. The molecular weight excluding hydrogens is 172 g/mol. The Balaban J connectivity index is 2.26. The maximum absolute atomic E-state index is 12.2. The van der Waals surface area contributed by atoms with Gasteiger partial charge in [0.2, 0.25) is 0 Å². The lowest BCUT2D eigenvalue weighted by Crippen LogP contribution is -2.42. The van der Waals surface area contributed by atoms with E-state index in [1.165, 1.54) is 25.7 Å². The van der Waals surface area contributed by atoms with Crippen LogP contribution in [0.15, 0.2) is 0 Å². The lowest BCUT2D eigenvalue weighted by Gasteiger charge is -2.24. The van der Waals surface area contributed by atoms with Crippen molar-refractivity contribution >= 4 is 0 Å². The van der Waals surface area contributed by atoms with Gasteiger partial charge in [0, 0.05) is 6.04 Å². The molecular formula is C10H19F2N. The largest absolute Gasteiger partial charge is 0.306 e. The minimum absolute atomic E-state index is 0.242. The second-order valence-electron chi connectivity index (χ2n) is 4.12. The molecule has 1 aliphatic carbocycles. The molecule has 0 bridgehead atoms. The van der Waals surface area contributed by atoms with Gasteiger partial charge in [-0.1, -0.05) is 12.8 Å². The Morgan fingerprint density at radius 2 is 1.69 bits per heavy atom. The summed E-state index contributed by atoms with van der Waals surface area (Å²) in [4.78, 5) is 0. The van der Waals surface area contributed by atoms with Crippen LogP contribution in [0, 0.1) is 5.92 Å². The molecule has 2 atom stereocenters. The fraction of sp³-hybridized carbons (Fsp3) is 1.00. The van der Waals surface area contributed by atoms with E-state index in [4.69, 9.17) is 0 Å². The zero-order valence-electron chi connectivity index (χ0n) is 8.39. The smallest absolute Gasteiger partial charge is 0.253 e. The molecule has 1 aliphatic rings. The molecule has 0 aromatic carbocycles. The van der Waals surface area contributed by atoms with E-state index < -0.39 is 12.5 Å². The summed E-state index contributed by atoms with van der Waals surface area (Å²) in [7, 11) is 0. The predicted octanol–water partition coefficient (Wildman–Crippen LogP) is 2.81. The van der Waals surface area contributed by atoms with Crippen LogP contribution in [0.2, 0.25) is 0 Å². The number of nitrogens with one attached hydrogen (secondary N) is 1. The molecule has 0 saturated heterocycles. The van der Waals surface area contributed by atoms with Crippen LogP contribution >= 0.6 is 0 Å². The van der Waals surface area contributed by atoms with E-state index in [-0.39, 0.29) is 6.04 Å². The molecule has 13 heavy (non-hydrogen) atoms. The van der Waals surface area contributed by atoms with Gasteiger partial charge >= 0.3 is 0 Å².